The van der Waals surface area contributed by atoms with Crippen molar-refractivity contribution in [3.63, 3.8) is 0 Å². The summed E-state index contributed by atoms with van der Waals surface area (Å²) in [5.74, 6) is -0.0115. The van der Waals surface area contributed by atoms with Gasteiger partial charge in [0.25, 0.3) is 5.91 Å². The number of quaternary nitrogens is 1. The fourth-order valence-electron chi connectivity index (χ4n) is 2.29. The van der Waals surface area contributed by atoms with E-state index in [-0.39, 0.29) is 52.5 Å². The van der Waals surface area contributed by atoms with E-state index in [0.29, 0.717) is 12.5 Å². The zero-order chi connectivity index (χ0) is 16.4. The minimum absolute atomic E-state index is 0. The Morgan fingerprint density at radius 1 is 1.23 bits per heavy atom. The van der Waals surface area contributed by atoms with Crippen molar-refractivity contribution in [3.8, 4) is 0 Å². The van der Waals surface area contributed by atoms with E-state index in [1.807, 2.05) is 0 Å². The number of carbonyl (C=O) groups is 1. The molecule has 1 heterocycles. The van der Waals surface area contributed by atoms with Crippen LogP contribution in [0.4, 0.5) is 11.6 Å². The summed E-state index contributed by atoms with van der Waals surface area (Å²) < 4.78 is 0.738. The first-order chi connectivity index (χ1) is 9.54. The molecule has 0 saturated carbocycles. The zero-order valence-electron chi connectivity index (χ0n) is 13.5. The Bertz CT molecular complexity index is 532. The average molecular weight is 443 g/mol. The SMILES string of the molecule is CC(C)[C@H](CNC(=O)c1nc(Cl)c(N)nc1N)[N+](C)(C)C.[I-]. The molecule has 0 spiro atoms. The highest BCUT2D eigenvalue weighted by atomic mass is 127. The van der Waals surface area contributed by atoms with Crippen LogP contribution in [0, 0.1) is 5.92 Å². The van der Waals surface area contributed by atoms with Gasteiger partial charge in [0.15, 0.2) is 22.5 Å². The van der Waals surface area contributed by atoms with Crippen LogP contribution in [-0.4, -0.2) is 54.1 Å². The molecular weight excluding hydrogens is 419 g/mol. The van der Waals surface area contributed by atoms with Gasteiger partial charge < -0.3 is 45.2 Å². The fourth-order valence-corrected chi connectivity index (χ4v) is 2.42. The van der Waals surface area contributed by atoms with Gasteiger partial charge in [-0.3, -0.25) is 4.79 Å². The molecule has 1 aromatic rings. The quantitative estimate of drug-likeness (QED) is 0.353. The number of halogens is 2. The fraction of sp³-hybridized carbons (Fsp3) is 0.615. The molecule has 0 aliphatic rings. The minimum Gasteiger partial charge on any atom is -1.00 e. The molecule has 0 saturated heterocycles. The lowest BCUT2D eigenvalue weighted by Crippen LogP contribution is -3.00. The van der Waals surface area contributed by atoms with Crippen LogP contribution in [0.1, 0.15) is 24.3 Å². The molecule has 1 amide bonds. The Labute approximate surface area is 153 Å². The largest absolute Gasteiger partial charge is 1.00 e. The van der Waals surface area contributed by atoms with Gasteiger partial charge in [-0.1, -0.05) is 25.4 Å². The number of aromatic nitrogens is 2. The van der Waals surface area contributed by atoms with E-state index in [1.54, 1.807) is 0 Å². The number of nitrogens with zero attached hydrogens (tertiary/aromatic N) is 3. The van der Waals surface area contributed by atoms with Crippen molar-refractivity contribution in [2.24, 2.45) is 5.92 Å². The van der Waals surface area contributed by atoms with Gasteiger partial charge in [0.2, 0.25) is 0 Å². The van der Waals surface area contributed by atoms with Crippen molar-refractivity contribution in [2.75, 3.05) is 39.2 Å². The van der Waals surface area contributed by atoms with E-state index < -0.39 is 5.91 Å². The summed E-state index contributed by atoms with van der Waals surface area (Å²) in [5, 5.41) is 2.81. The Hall–Kier alpha value is -0.870. The third kappa shape index (κ3) is 5.40. The first-order valence-electron chi connectivity index (χ1n) is 6.71. The molecule has 1 rings (SSSR count). The maximum Gasteiger partial charge on any atom is 0.274 e. The maximum atomic E-state index is 12.2. The van der Waals surface area contributed by atoms with E-state index in [9.17, 15) is 4.79 Å². The summed E-state index contributed by atoms with van der Waals surface area (Å²) in [4.78, 5) is 19.9. The van der Waals surface area contributed by atoms with E-state index in [4.69, 9.17) is 23.1 Å². The molecule has 0 unspecified atom stereocenters. The summed E-state index contributed by atoms with van der Waals surface area (Å²) in [5.41, 5.74) is 11.2. The molecule has 7 nitrogen and oxygen atoms in total. The molecule has 9 heteroatoms. The predicted octanol–water partition coefficient (Wildman–Crippen LogP) is -2.24. The van der Waals surface area contributed by atoms with E-state index in [0.717, 1.165) is 4.48 Å². The number of hydrogen-bond acceptors (Lipinski definition) is 5. The second kappa shape index (κ2) is 8.11. The van der Waals surface area contributed by atoms with Crippen molar-refractivity contribution in [1.82, 2.24) is 15.3 Å². The summed E-state index contributed by atoms with van der Waals surface area (Å²) in [6.07, 6.45) is 0. The molecule has 0 radical (unpaired) electrons. The molecular formula is C13H24ClIN6O. The summed E-state index contributed by atoms with van der Waals surface area (Å²) in [7, 11) is 6.27. The third-order valence-electron chi connectivity index (χ3n) is 3.36. The molecule has 0 fully saturated rings. The van der Waals surface area contributed by atoms with E-state index in [1.165, 1.54) is 0 Å². The number of likely N-dealkylation sites (N-methyl/N-ethyl adjacent to an activating group) is 1. The molecule has 0 aromatic carbocycles. The van der Waals surface area contributed by atoms with Crippen molar-refractivity contribution in [3.05, 3.63) is 10.8 Å². The van der Waals surface area contributed by atoms with Gasteiger partial charge in [0.1, 0.15) is 6.04 Å². The van der Waals surface area contributed by atoms with Crippen LogP contribution in [-0.2, 0) is 0 Å². The van der Waals surface area contributed by atoms with Crippen molar-refractivity contribution in [2.45, 2.75) is 19.9 Å². The van der Waals surface area contributed by atoms with Crippen LogP contribution in [0.15, 0.2) is 0 Å². The second-order valence-electron chi connectivity index (χ2n) is 6.27. The number of hydrogen-bond donors (Lipinski definition) is 3. The van der Waals surface area contributed by atoms with Gasteiger partial charge in [-0.05, 0) is 0 Å². The summed E-state index contributed by atoms with van der Waals surface area (Å²) >= 11 is 5.78. The number of amides is 1. The van der Waals surface area contributed by atoms with Crippen molar-refractivity contribution in [1.29, 1.82) is 0 Å². The number of nitrogen functional groups attached to an aromatic ring is 2. The van der Waals surface area contributed by atoms with Gasteiger partial charge in [0, 0.05) is 5.92 Å². The number of nitrogens with two attached hydrogens (primary N) is 2. The number of nitrogens with one attached hydrogen (secondary N) is 1. The summed E-state index contributed by atoms with van der Waals surface area (Å²) in [6, 6.07) is 0.257. The second-order valence-corrected chi connectivity index (χ2v) is 6.63. The highest BCUT2D eigenvalue weighted by molar-refractivity contribution is 6.31. The van der Waals surface area contributed by atoms with Crippen LogP contribution in [0.3, 0.4) is 0 Å². The van der Waals surface area contributed by atoms with Crippen LogP contribution in [0.25, 0.3) is 0 Å². The highest BCUT2D eigenvalue weighted by Crippen LogP contribution is 2.18. The van der Waals surface area contributed by atoms with E-state index in [2.05, 4.69) is 50.3 Å². The molecule has 22 heavy (non-hydrogen) atoms. The van der Waals surface area contributed by atoms with Gasteiger partial charge >= 0.3 is 0 Å². The van der Waals surface area contributed by atoms with Gasteiger partial charge in [-0.2, -0.15) is 0 Å². The monoisotopic (exact) mass is 442 g/mol. The van der Waals surface area contributed by atoms with Crippen LogP contribution < -0.4 is 40.8 Å². The topological polar surface area (TPSA) is 107 Å². The van der Waals surface area contributed by atoms with Crippen LogP contribution >= 0.6 is 11.6 Å². The third-order valence-corrected chi connectivity index (χ3v) is 3.63. The molecule has 0 aliphatic carbocycles. The van der Waals surface area contributed by atoms with E-state index >= 15 is 0 Å². The number of anilines is 2. The number of carbonyl (C=O) groups excluding carboxylic acids is 1. The van der Waals surface area contributed by atoms with Gasteiger partial charge in [0.05, 0.1) is 27.7 Å². The Balaban J connectivity index is 0.00000441. The first-order valence-corrected chi connectivity index (χ1v) is 7.09. The first kappa shape index (κ1) is 21.1. The Morgan fingerprint density at radius 3 is 2.23 bits per heavy atom. The predicted molar refractivity (Wildman–Crippen MR) is 84.9 cm³/mol. The average Bonchev–Trinajstić information content (AvgIpc) is 2.31. The lowest BCUT2D eigenvalue weighted by molar-refractivity contribution is -0.898. The van der Waals surface area contributed by atoms with Crippen LogP contribution in [0.2, 0.25) is 5.15 Å². The summed E-state index contributed by atoms with van der Waals surface area (Å²) in [6.45, 7) is 4.74. The lowest BCUT2D eigenvalue weighted by atomic mass is 10.0. The molecule has 0 aliphatic heterocycles. The van der Waals surface area contributed by atoms with Gasteiger partial charge in [-0.15, -0.1) is 0 Å². The molecule has 1 aromatic heterocycles. The maximum absolute atomic E-state index is 12.2. The molecule has 126 valence electrons. The Kier molecular flexibility index (Phi) is 7.79. The normalized spacial score (nSPS) is 12.7. The standard InChI is InChI=1S/C13H23ClN6O.HI/c1-7(2)8(20(3,4)5)6-17-13(21)9-11(15)19-12(16)10(14)18-9;/h7-8H,6H2,1-5H3,(H4-,15,16,17,19,21);1H/t8-;/m0./s1. The van der Waals surface area contributed by atoms with Crippen molar-refractivity contribution < 1.29 is 33.3 Å². The minimum atomic E-state index is -0.402. The smallest absolute Gasteiger partial charge is 0.274 e. The number of rotatable bonds is 5. The van der Waals surface area contributed by atoms with Gasteiger partial charge in [-0.25, -0.2) is 9.97 Å². The van der Waals surface area contributed by atoms with Crippen molar-refractivity contribution >= 4 is 29.1 Å². The van der Waals surface area contributed by atoms with Crippen LogP contribution in [0.5, 0.6) is 0 Å². The Morgan fingerprint density at radius 2 is 1.77 bits per heavy atom. The zero-order valence-corrected chi connectivity index (χ0v) is 16.4. The molecule has 5 N–H and O–H groups in total. The highest BCUT2D eigenvalue weighted by Gasteiger charge is 2.28. The lowest BCUT2D eigenvalue weighted by Gasteiger charge is -2.36. The molecule has 0 bridgehead atoms. The molecule has 1 atom stereocenters.